The summed E-state index contributed by atoms with van der Waals surface area (Å²) in [7, 11) is -3.75. The van der Waals surface area contributed by atoms with Crippen molar-refractivity contribution in [3.63, 3.8) is 0 Å². The van der Waals surface area contributed by atoms with Crippen LogP contribution in [0.25, 0.3) is 0 Å². The van der Waals surface area contributed by atoms with Crippen LogP contribution in [-0.4, -0.2) is 8.42 Å². The maximum atomic E-state index is 11.3. The SMILES string of the molecule is Nc1ccc(S(N)(=O)=O)cc1Sc1ccccc1Cl. The summed E-state index contributed by atoms with van der Waals surface area (Å²) in [5.41, 5.74) is 6.30. The average Bonchev–Trinajstić information content (AvgIpc) is 2.33. The predicted molar refractivity (Wildman–Crippen MR) is 77.8 cm³/mol. The van der Waals surface area contributed by atoms with E-state index in [2.05, 4.69) is 0 Å². The van der Waals surface area contributed by atoms with E-state index in [4.69, 9.17) is 22.5 Å². The van der Waals surface area contributed by atoms with E-state index < -0.39 is 10.0 Å². The first-order valence-corrected chi connectivity index (χ1v) is 7.97. The molecular formula is C12H11ClN2O2S2. The Hall–Kier alpha value is -1.21. The maximum Gasteiger partial charge on any atom is 0.238 e. The van der Waals surface area contributed by atoms with Gasteiger partial charge in [-0.05, 0) is 30.3 Å². The first kappa shape index (κ1) is 14.2. The number of hydrogen-bond acceptors (Lipinski definition) is 4. The van der Waals surface area contributed by atoms with Gasteiger partial charge in [0.1, 0.15) is 0 Å². The molecule has 0 aliphatic rings. The van der Waals surface area contributed by atoms with Crippen LogP contribution in [0, 0.1) is 0 Å². The van der Waals surface area contributed by atoms with Crippen molar-refractivity contribution in [2.75, 3.05) is 5.73 Å². The summed E-state index contributed by atoms with van der Waals surface area (Å²) in [4.78, 5) is 1.42. The molecule has 2 aromatic rings. The van der Waals surface area contributed by atoms with Crippen molar-refractivity contribution in [2.24, 2.45) is 5.14 Å². The van der Waals surface area contributed by atoms with Gasteiger partial charge in [-0.15, -0.1) is 0 Å². The van der Waals surface area contributed by atoms with Gasteiger partial charge >= 0.3 is 0 Å². The van der Waals surface area contributed by atoms with Crippen LogP contribution in [0.3, 0.4) is 0 Å². The highest BCUT2D eigenvalue weighted by Gasteiger charge is 2.12. The minimum Gasteiger partial charge on any atom is -0.398 e. The summed E-state index contributed by atoms with van der Waals surface area (Å²) in [6.45, 7) is 0. The molecule has 0 aromatic heterocycles. The van der Waals surface area contributed by atoms with Crippen LogP contribution in [0.4, 0.5) is 5.69 Å². The van der Waals surface area contributed by atoms with Gasteiger partial charge in [-0.1, -0.05) is 35.5 Å². The molecule has 2 aromatic carbocycles. The lowest BCUT2D eigenvalue weighted by Gasteiger charge is -2.08. The van der Waals surface area contributed by atoms with Gasteiger partial charge in [-0.25, -0.2) is 13.6 Å². The van der Waals surface area contributed by atoms with E-state index in [1.165, 1.54) is 30.0 Å². The third-order valence-electron chi connectivity index (χ3n) is 2.37. The number of nitrogens with two attached hydrogens (primary N) is 2. The summed E-state index contributed by atoms with van der Waals surface area (Å²) in [5.74, 6) is 0. The third-order valence-corrected chi connectivity index (χ3v) is 4.87. The quantitative estimate of drug-likeness (QED) is 0.853. The number of sulfonamides is 1. The van der Waals surface area contributed by atoms with Crippen molar-refractivity contribution >= 4 is 39.1 Å². The summed E-state index contributed by atoms with van der Waals surface area (Å²) in [5, 5.41) is 5.67. The second-order valence-electron chi connectivity index (χ2n) is 3.78. The molecule has 100 valence electrons. The molecule has 0 bridgehead atoms. The van der Waals surface area contributed by atoms with Crippen molar-refractivity contribution < 1.29 is 8.42 Å². The van der Waals surface area contributed by atoms with Gasteiger partial charge in [0.2, 0.25) is 10.0 Å². The molecule has 4 nitrogen and oxygen atoms in total. The fourth-order valence-corrected chi connectivity index (χ4v) is 3.21. The lowest BCUT2D eigenvalue weighted by Crippen LogP contribution is -2.12. The summed E-state index contributed by atoms with van der Waals surface area (Å²) in [6.07, 6.45) is 0. The van der Waals surface area contributed by atoms with E-state index in [1.54, 1.807) is 6.07 Å². The second-order valence-corrected chi connectivity index (χ2v) is 6.83. The molecule has 0 saturated carbocycles. The van der Waals surface area contributed by atoms with Gasteiger partial charge in [0.05, 0.1) is 9.92 Å². The second kappa shape index (κ2) is 5.42. The van der Waals surface area contributed by atoms with Gasteiger partial charge in [0, 0.05) is 15.5 Å². The Bertz CT molecular complexity index is 717. The molecule has 0 aliphatic heterocycles. The monoisotopic (exact) mass is 314 g/mol. The molecule has 0 heterocycles. The fraction of sp³-hybridized carbons (Fsp3) is 0. The lowest BCUT2D eigenvalue weighted by molar-refractivity contribution is 0.597. The minimum absolute atomic E-state index is 0.0243. The number of halogens is 1. The molecule has 0 fully saturated rings. The first-order chi connectivity index (χ1) is 8.88. The molecule has 4 N–H and O–H groups in total. The Balaban J connectivity index is 2.43. The number of nitrogen functional groups attached to an aromatic ring is 1. The van der Waals surface area contributed by atoms with E-state index in [1.807, 2.05) is 18.2 Å². The molecular weight excluding hydrogens is 304 g/mol. The normalized spacial score (nSPS) is 11.5. The lowest BCUT2D eigenvalue weighted by atomic mass is 10.3. The number of rotatable bonds is 3. The van der Waals surface area contributed by atoms with Crippen LogP contribution in [0.15, 0.2) is 57.2 Å². The highest BCUT2D eigenvalue weighted by Crippen LogP contribution is 2.36. The highest BCUT2D eigenvalue weighted by molar-refractivity contribution is 7.99. The van der Waals surface area contributed by atoms with Crippen LogP contribution < -0.4 is 10.9 Å². The van der Waals surface area contributed by atoms with Crippen molar-refractivity contribution in [2.45, 2.75) is 14.7 Å². The number of anilines is 1. The van der Waals surface area contributed by atoms with Crippen molar-refractivity contribution in [3.8, 4) is 0 Å². The van der Waals surface area contributed by atoms with E-state index in [9.17, 15) is 8.42 Å². The van der Waals surface area contributed by atoms with Crippen LogP contribution >= 0.6 is 23.4 Å². The van der Waals surface area contributed by atoms with Crippen LogP contribution in [-0.2, 0) is 10.0 Å². The molecule has 0 radical (unpaired) electrons. The van der Waals surface area contributed by atoms with E-state index in [0.717, 1.165) is 4.90 Å². The molecule has 0 saturated heterocycles. The zero-order valence-corrected chi connectivity index (χ0v) is 12.1. The average molecular weight is 315 g/mol. The van der Waals surface area contributed by atoms with Crippen LogP contribution in [0.1, 0.15) is 0 Å². The molecule has 2 rings (SSSR count). The first-order valence-electron chi connectivity index (χ1n) is 5.22. The van der Waals surface area contributed by atoms with Gasteiger partial charge in [0.25, 0.3) is 0 Å². The van der Waals surface area contributed by atoms with Crippen molar-refractivity contribution in [1.29, 1.82) is 0 Å². The van der Waals surface area contributed by atoms with E-state index in [-0.39, 0.29) is 4.90 Å². The Morgan fingerprint density at radius 2 is 1.74 bits per heavy atom. The minimum atomic E-state index is -3.75. The summed E-state index contributed by atoms with van der Waals surface area (Å²) >= 11 is 7.35. The fourth-order valence-electron chi connectivity index (χ4n) is 1.43. The standard InChI is InChI=1S/C12H11ClN2O2S2/c13-9-3-1-2-4-11(9)18-12-7-8(19(15,16)17)5-6-10(12)14/h1-7H,14H2,(H2,15,16,17). The summed E-state index contributed by atoms with van der Waals surface area (Å²) < 4.78 is 22.6. The van der Waals surface area contributed by atoms with E-state index >= 15 is 0 Å². The van der Waals surface area contributed by atoms with Crippen LogP contribution in [0.2, 0.25) is 5.02 Å². The topological polar surface area (TPSA) is 86.2 Å². The molecule has 0 amide bonds. The Morgan fingerprint density at radius 3 is 2.37 bits per heavy atom. The van der Waals surface area contributed by atoms with Crippen LogP contribution in [0.5, 0.6) is 0 Å². The van der Waals surface area contributed by atoms with Gasteiger partial charge in [-0.2, -0.15) is 0 Å². The Kier molecular flexibility index (Phi) is 4.05. The summed E-state index contributed by atoms with van der Waals surface area (Å²) in [6, 6.07) is 11.6. The molecule has 0 aliphatic carbocycles. The maximum absolute atomic E-state index is 11.3. The zero-order chi connectivity index (χ0) is 14.0. The molecule has 19 heavy (non-hydrogen) atoms. The number of benzene rings is 2. The number of hydrogen-bond donors (Lipinski definition) is 2. The Morgan fingerprint density at radius 1 is 1.05 bits per heavy atom. The molecule has 7 heteroatoms. The predicted octanol–water partition coefficient (Wildman–Crippen LogP) is 2.72. The van der Waals surface area contributed by atoms with Gasteiger partial charge < -0.3 is 5.73 Å². The smallest absolute Gasteiger partial charge is 0.238 e. The van der Waals surface area contributed by atoms with Gasteiger partial charge in [0.15, 0.2) is 0 Å². The highest BCUT2D eigenvalue weighted by atomic mass is 35.5. The molecule has 0 spiro atoms. The largest absolute Gasteiger partial charge is 0.398 e. The zero-order valence-electron chi connectivity index (χ0n) is 9.71. The number of primary sulfonamides is 1. The molecule has 0 atom stereocenters. The van der Waals surface area contributed by atoms with E-state index in [0.29, 0.717) is 15.6 Å². The Labute approximate surface area is 120 Å². The van der Waals surface area contributed by atoms with Crippen molar-refractivity contribution in [3.05, 3.63) is 47.5 Å². The molecule has 0 unspecified atom stereocenters. The van der Waals surface area contributed by atoms with Crippen molar-refractivity contribution in [1.82, 2.24) is 0 Å². The third kappa shape index (κ3) is 3.42. The van der Waals surface area contributed by atoms with Gasteiger partial charge in [-0.3, -0.25) is 0 Å².